The topological polar surface area (TPSA) is 89.9 Å². The van der Waals surface area contributed by atoms with Gasteiger partial charge < -0.3 is 9.47 Å². The van der Waals surface area contributed by atoms with Gasteiger partial charge in [0.25, 0.3) is 10.1 Å². The fourth-order valence-electron chi connectivity index (χ4n) is 0.923. The lowest BCUT2D eigenvalue weighted by atomic mass is 10.3. The van der Waals surface area contributed by atoms with Crippen LogP contribution in [0.4, 0.5) is 4.79 Å². The van der Waals surface area contributed by atoms with Gasteiger partial charge in [0.15, 0.2) is 0 Å². The Morgan fingerprint density at radius 1 is 1.31 bits per heavy atom. The van der Waals surface area contributed by atoms with Crippen molar-refractivity contribution in [3.05, 3.63) is 24.3 Å². The monoisotopic (exact) mass is 246 g/mol. The molecule has 0 aliphatic rings. The molecule has 1 rings (SSSR count). The van der Waals surface area contributed by atoms with Crippen LogP contribution in [0, 0.1) is 0 Å². The zero-order valence-electron chi connectivity index (χ0n) is 8.41. The van der Waals surface area contributed by atoms with Gasteiger partial charge in [-0.3, -0.25) is 4.55 Å². The van der Waals surface area contributed by atoms with Crippen LogP contribution < -0.4 is 4.74 Å². The maximum absolute atomic E-state index is 10.9. The lowest BCUT2D eigenvalue weighted by Gasteiger charge is -2.04. The molecule has 88 valence electrons. The maximum atomic E-state index is 10.9. The van der Waals surface area contributed by atoms with Gasteiger partial charge in [-0.1, -0.05) is 0 Å². The van der Waals surface area contributed by atoms with Gasteiger partial charge in [-0.05, 0) is 31.2 Å². The molecule has 6 nitrogen and oxygen atoms in total. The molecule has 1 aromatic rings. The lowest BCUT2D eigenvalue weighted by Crippen LogP contribution is -2.10. The molecule has 0 aromatic heterocycles. The fraction of sp³-hybridized carbons (Fsp3) is 0.222. The summed E-state index contributed by atoms with van der Waals surface area (Å²) in [7, 11) is -4.23. The van der Waals surface area contributed by atoms with Gasteiger partial charge in [-0.2, -0.15) is 8.42 Å². The average Bonchev–Trinajstić information content (AvgIpc) is 2.17. The summed E-state index contributed by atoms with van der Waals surface area (Å²) in [6.07, 6.45) is -0.873. The van der Waals surface area contributed by atoms with Crippen molar-refractivity contribution in [3.63, 3.8) is 0 Å². The Labute approximate surface area is 92.5 Å². The molecule has 0 fully saturated rings. The third kappa shape index (κ3) is 3.52. The fourth-order valence-corrected chi connectivity index (χ4v) is 1.40. The van der Waals surface area contributed by atoms with Crippen LogP contribution in [0.25, 0.3) is 0 Å². The Kier molecular flexibility index (Phi) is 3.86. The van der Waals surface area contributed by atoms with Crippen LogP contribution in [0.5, 0.6) is 5.75 Å². The van der Waals surface area contributed by atoms with Gasteiger partial charge in [0, 0.05) is 0 Å². The van der Waals surface area contributed by atoms with Gasteiger partial charge >= 0.3 is 6.16 Å². The van der Waals surface area contributed by atoms with Crippen LogP contribution in [0.2, 0.25) is 0 Å². The second kappa shape index (κ2) is 4.95. The summed E-state index contributed by atoms with van der Waals surface area (Å²) in [5.74, 6) is 0.130. The second-order valence-corrected chi connectivity index (χ2v) is 4.15. The number of ether oxygens (including phenoxy) is 2. The molecular formula is C9H10O6S. The number of carbonyl (C=O) groups excluding carboxylic acids is 1. The maximum Gasteiger partial charge on any atom is 0.513 e. The molecule has 16 heavy (non-hydrogen) atoms. The highest BCUT2D eigenvalue weighted by Crippen LogP contribution is 2.15. The standard InChI is InChI=1S/C9H10O6S/c1-2-14-9(10)15-7-3-5-8(6-4-7)16(11,12)13/h3-6H,2H2,1H3,(H,11,12,13). The zero-order chi connectivity index (χ0) is 12.2. The van der Waals surface area contributed by atoms with Crippen LogP contribution in [-0.2, 0) is 14.9 Å². The van der Waals surface area contributed by atoms with Gasteiger partial charge in [0.2, 0.25) is 0 Å². The highest BCUT2D eigenvalue weighted by Gasteiger charge is 2.10. The van der Waals surface area contributed by atoms with Crippen molar-refractivity contribution in [2.24, 2.45) is 0 Å². The first-order chi connectivity index (χ1) is 7.43. The van der Waals surface area contributed by atoms with E-state index in [0.29, 0.717) is 0 Å². The molecule has 0 saturated heterocycles. The van der Waals surface area contributed by atoms with E-state index in [-0.39, 0.29) is 17.3 Å². The van der Waals surface area contributed by atoms with E-state index in [0.717, 1.165) is 12.1 Å². The van der Waals surface area contributed by atoms with Crippen LogP contribution in [-0.4, -0.2) is 25.7 Å². The molecule has 0 unspecified atom stereocenters. The van der Waals surface area contributed by atoms with Gasteiger partial charge in [-0.25, -0.2) is 4.79 Å². The molecular weight excluding hydrogens is 236 g/mol. The van der Waals surface area contributed by atoms with E-state index in [1.54, 1.807) is 6.92 Å². The Bertz CT molecular complexity index is 461. The molecule has 0 bridgehead atoms. The highest BCUT2D eigenvalue weighted by molar-refractivity contribution is 7.85. The van der Waals surface area contributed by atoms with E-state index in [2.05, 4.69) is 9.47 Å². The predicted molar refractivity (Wildman–Crippen MR) is 53.9 cm³/mol. The molecule has 0 heterocycles. The third-order valence-corrected chi connectivity index (χ3v) is 2.45. The summed E-state index contributed by atoms with van der Waals surface area (Å²) in [5.41, 5.74) is 0. The van der Waals surface area contributed by atoms with Crippen molar-refractivity contribution in [2.45, 2.75) is 11.8 Å². The first-order valence-corrected chi connectivity index (χ1v) is 5.79. The molecule has 7 heteroatoms. The van der Waals surface area contributed by atoms with Crippen molar-refractivity contribution >= 4 is 16.3 Å². The molecule has 0 spiro atoms. The van der Waals surface area contributed by atoms with Crippen molar-refractivity contribution in [2.75, 3.05) is 6.61 Å². The highest BCUT2D eigenvalue weighted by atomic mass is 32.2. The summed E-state index contributed by atoms with van der Waals surface area (Å²) in [5, 5.41) is 0. The lowest BCUT2D eigenvalue weighted by molar-refractivity contribution is 0.104. The number of benzene rings is 1. The second-order valence-electron chi connectivity index (χ2n) is 2.73. The van der Waals surface area contributed by atoms with E-state index in [1.807, 2.05) is 0 Å². The van der Waals surface area contributed by atoms with Crippen LogP contribution >= 0.6 is 0 Å². The zero-order valence-corrected chi connectivity index (χ0v) is 9.23. The molecule has 0 atom stereocenters. The number of hydrogen-bond donors (Lipinski definition) is 1. The van der Waals surface area contributed by atoms with E-state index in [4.69, 9.17) is 4.55 Å². The Morgan fingerprint density at radius 2 is 1.88 bits per heavy atom. The van der Waals surface area contributed by atoms with Gasteiger partial charge in [0.05, 0.1) is 11.5 Å². The minimum atomic E-state index is -4.23. The molecule has 0 aliphatic carbocycles. The Morgan fingerprint density at radius 3 is 2.31 bits per heavy atom. The summed E-state index contributed by atoms with van der Waals surface area (Å²) >= 11 is 0. The summed E-state index contributed by atoms with van der Waals surface area (Å²) < 4.78 is 39.3. The van der Waals surface area contributed by atoms with Crippen LogP contribution in [0.1, 0.15) is 6.92 Å². The van der Waals surface area contributed by atoms with E-state index in [1.165, 1.54) is 12.1 Å². The molecule has 0 aliphatic heterocycles. The largest absolute Gasteiger partial charge is 0.513 e. The Balaban J connectivity index is 2.76. The van der Waals surface area contributed by atoms with Crippen molar-refractivity contribution in [1.82, 2.24) is 0 Å². The van der Waals surface area contributed by atoms with E-state index in [9.17, 15) is 13.2 Å². The van der Waals surface area contributed by atoms with Gasteiger partial charge in [-0.15, -0.1) is 0 Å². The molecule has 1 N–H and O–H groups in total. The summed E-state index contributed by atoms with van der Waals surface area (Å²) in [6, 6.07) is 4.70. The predicted octanol–water partition coefficient (Wildman–Crippen LogP) is 1.47. The summed E-state index contributed by atoms with van der Waals surface area (Å²) in [6.45, 7) is 1.81. The minimum Gasteiger partial charge on any atom is -0.434 e. The normalized spacial score (nSPS) is 10.9. The first-order valence-electron chi connectivity index (χ1n) is 4.35. The van der Waals surface area contributed by atoms with Crippen molar-refractivity contribution in [1.29, 1.82) is 0 Å². The SMILES string of the molecule is CCOC(=O)Oc1ccc(S(=O)(=O)O)cc1. The quantitative estimate of drug-likeness (QED) is 0.493. The number of rotatable bonds is 3. The van der Waals surface area contributed by atoms with E-state index < -0.39 is 16.3 Å². The third-order valence-electron chi connectivity index (χ3n) is 1.58. The number of carbonyl (C=O) groups is 1. The summed E-state index contributed by atoms with van der Waals surface area (Å²) in [4.78, 5) is 10.6. The molecule has 0 radical (unpaired) electrons. The van der Waals surface area contributed by atoms with Crippen molar-refractivity contribution < 1.29 is 27.2 Å². The minimum absolute atomic E-state index is 0.130. The molecule has 0 saturated carbocycles. The smallest absolute Gasteiger partial charge is 0.434 e. The van der Waals surface area contributed by atoms with Crippen LogP contribution in [0.3, 0.4) is 0 Å². The van der Waals surface area contributed by atoms with Crippen molar-refractivity contribution in [3.8, 4) is 5.75 Å². The van der Waals surface area contributed by atoms with Crippen LogP contribution in [0.15, 0.2) is 29.2 Å². The average molecular weight is 246 g/mol. The van der Waals surface area contributed by atoms with Gasteiger partial charge in [0.1, 0.15) is 5.75 Å². The molecule has 1 aromatic carbocycles. The first kappa shape index (κ1) is 12.5. The number of hydrogen-bond acceptors (Lipinski definition) is 5. The Hall–Kier alpha value is -1.60. The molecule has 0 amide bonds. The van der Waals surface area contributed by atoms with E-state index >= 15 is 0 Å².